The average Bonchev–Trinajstić information content (AvgIpc) is 2.95. The molecule has 0 saturated heterocycles. The molecule has 27 heavy (non-hydrogen) atoms. The first-order valence-electron chi connectivity index (χ1n) is 11.1. The van der Waals surface area contributed by atoms with Crippen LogP contribution in [0.25, 0.3) is 0 Å². The van der Waals surface area contributed by atoms with Crippen molar-refractivity contribution >= 4 is 11.8 Å². The number of carbonyl (C=O) groups excluding carboxylic acids is 2. The Morgan fingerprint density at radius 2 is 1.85 bits per heavy atom. The number of hydrogen-bond donors (Lipinski definition) is 1. The van der Waals surface area contributed by atoms with E-state index in [2.05, 4.69) is 20.8 Å². The molecular weight excluding hydrogens is 340 g/mol. The Bertz CT molecular complexity index is 644. The fourth-order valence-electron chi connectivity index (χ4n) is 8.33. The van der Waals surface area contributed by atoms with E-state index in [9.17, 15) is 14.7 Å². The molecule has 0 amide bonds. The van der Waals surface area contributed by atoms with Gasteiger partial charge in [0.25, 0.3) is 5.79 Å². The molecule has 0 spiro atoms. The van der Waals surface area contributed by atoms with Crippen LogP contribution < -0.4 is 0 Å². The summed E-state index contributed by atoms with van der Waals surface area (Å²) in [6.45, 7) is 8.18. The SMILES string of the molecule is CC[C@H]1CC[C@H]2[C@@H]3CC[C@H]4CCC(=O)C(O)(OC(C)=O)[C@]4(C)[C@H]3CC[C@]12C. The van der Waals surface area contributed by atoms with Crippen molar-refractivity contribution in [2.45, 2.75) is 91.3 Å². The summed E-state index contributed by atoms with van der Waals surface area (Å²) in [5.41, 5.74) is -0.250. The van der Waals surface area contributed by atoms with Gasteiger partial charge in [0.2, 0.25) is 5.78 Å². The predicted molar refractivity (Wildman–Crippen MR) is 103 cm³/mol. The largest absolute Gasteiger partial charge is 0.425 e. The fraction of sp³-hybridized carbons (Fsp3) is 0.913. The molecule has 0 aromatic carbocycles. The van der Waals surface area contributed by atoms with E-state index in [1.54, 1.807) is 0 Å². The highest BCUT2D eigenvalue weighted by Gasteiger charge is 2.69. The quantitative estimate of drug-likeness (QED) is 0.570. The minimum atomic E-state index is -1.94. The molecule has 1 N–H and O–H groups in total. The van der Waals surface area contributed by atoms with Crippen LogP contribution >= 0.6 is 0 Å². The Morgan fingerprint density at radius 1 is 1.11 bits per heavy atom. The molecule has 0 heterocycles. The Morgan fingerprint density at radius 3 is 2.52 bits per heavy atom. The van der Waals surface area contributed by atoms with E-state index >= 15 is 0 Å². The van der Waals surface area contributed by atoms with Gasteiger partial charge in [0.15, 0.2) is 0 Å². The van der Waals surface area contributed by atoms with Gasteiger partial charge in [0.05, 0.1) is 0 Å². The molecule has 1 unspecified atom stereocenters. The lowest BCUT2D eigenvalue weighted by Crippen LogP contribution is -2.68. The second kappa shape index (κ2) is 6.30. The first-order valence-corrected chi connectivity index (χ1v) is 11.1. The third-order valence-corrected chi connectivity index (χ3v) is 9.71. The van der Waals surface area contributed by atoms with E-state index < -0.39 is 17.2 Å². The summed E-state index contributed by atoms with van der Waals surface area (Å²) in [7, 11) is 0. The summed E-state index contributed by atoms with van der Waals surface area (Å²) < 4.78 is 5.46. The van der Waals surface area contributed by atoms with Crippen LogP contribution in [0.15, 0.2) is 0 Å². The normalized spacial score (nSPS) is 51.9. The number of fused-ring (bicyclic) bond motifs is 5. The van der Waals surface area contributed by atoms with Crippen molar-refractivity contribution in [3.63, 3.8) is 0 Å². The highest BCUT2D eigenvalue weighted by atomic mass is 16.7. The van der Waals surface area contributed by atoms with Crippen LogP contribution in [-0.4, -0.2) is 22.6 Å². The minimum Gasteiger partial charge on any atom is -0.425 e. The maximum absolute atomic E-state index is 12.8. The Kier molecular flexibility index (Phi) is 4.53. The summed E-state index contributed by atoms with van der Waals surface area (Å²) in [6.07, 6.45) is 9.43. The Labute approximate surface area is 163 Å². The van der Waals surface area contributed by atoms with Gasteiger partial charge < -0.3 is 9.84 Å². The third kappa shape index (κ3) is 2.44. The third-order valence-electron chi connectivity index (χ3n) is 9.71. The monoisotopic (exact) mass is 376 g/mol. The zero-order valence-corrected chi connectivity index (χ0v) is 17.4. The second-order valence-electron chi connectivity index (χ2n) is 10.4. The number of rotatable bonds is 2. The summed E-state index contributed by atoms with van der Waals surface area (Å²) in [5, 5.41) is 11.5. The van der Waals surface area contributed by atoms with Crippen LogP contribution in [0.1, 0.15) is 85.5 Å². The van der Waals surface area contributed by atoms with Gasteiger partial charge in [-0.15, -0.1) is 0 Å². The van der Waals surface area contributed by atoms with Crippen molar-refractivity contribution < 1.29 is 19.4 Å². The molecule has 4 aliphatic carbocycles. The lowest BCUT2D eigenvalue weighted by atomic mass is 9.43. The van der Waals surface area contributed by atoms with Crippen molar-refractivity contribution in [3.8, 4) is 0 Å². The highest BCUT2D eigenvalue weighted by molar-refractivity contribution is 5.89. The molecule has 0 bridgehead atoms. The van der Waals surface area contributed by atoms with Crippen LogP contribution in [0, 0.1) is 40.4 Å². The van der Waals surface area contributed by atoms with Crippen molar-refractivity contribution in [2.75, 3.05) is 0 Å². The summed E-state index contributed by atoms with van der Waals surface area (Å²) in [4.78, 5) is 24.7. The number of ether oxygens (including phenoxy) is 1. The summed E-state index contributed by atoms with van der Waals surface area (Å²) >= 11 is 0. The number of aliphatic hydroxyl groups is 1. The van der Waals surface area contributed by atoms with Crippen LogP contribution in [0.5, 0.6) is 0 Å². The number of esters is 1. The van der Waals surface area contributed by atoms with Crippen LogP contribution in [0.3, 0.4) is 0 Å². The zero-order valence-electron chi connectivity index (χ0n) is 17.4. The average molecular weight is 377 g/mol. The van der Waals surface area contributed by atoms with Crippen LogP contribution in [-0.2, 0) is 14.3 Å². The van der Waals surface area contributed by atoms with E-state index in [-0.39, 0.29) is 17.6 Å². The zero-order chi connectivity index (χ0) is 19.6. The lowest BCUT2D eigenvalue weighted by molar-refractivity contribution is -0.295. The lowest BCUT2D eigenvalue weighted by Gasteiger charge is -2.63. The van der Waals surface area contributed by atoms with Crippen molar-refractivity contribution in [3.05, 3.63) is 0 Å². The molecule has 4 nitrogen and oxygen atoms in total. The number of ketones is 1. The van der Waals surface area contributed by atoms with Gasteiger partial charge in [-0.05, 0) is 80.0 Å². The van der Waals surface area contributed by atoms with Crippen LogP contribution in [0.2, 0.25) is 0 Å². The number of Topliss-reactive ketones (excluding diaryl/α,β-unsaturated/α-hetero) is 1. The molecule has 4 rings (SSSR count). The molecule has 8 atom stereocenters. The van der Waals surface area contributed by atoms with Gasteiger partial charge in [-0.25, -0.2) is 0 Å². The molecule has 0 radical (unpaired) electrons. The molecule has 4 fully saturated rings. The van der Waals surface area contributed by atoms with Crippen molar-refractivity contribution in [1.82, 2.24) is 0 Å². The molecule has 4 aliphatic rings. The van der Waals surface area contributed by atoms with E-state index in [0.29, 0.717) is 23.7 Å². The van der Waals surface area contributed by atoms with Gasteiger partial charge in [-0.1, -0.05) is 27.2 Å². The topological polar surface area (TPSA) is 63.6 Å². The highest BCUT2D eigenvalue weighted by Crippen LogP contribution is 2.69. The standard InChI is InChI=1S/C23H36O4/c1-5-15-7-10-18-17-9-6-16-8-11-20(25)23(26,27-14(2)24)22(16,4)19(17)12-13-21(15,18)3/h15-19,26H,5-13H2,1-4H3/t15-,16-,17-,18-,19-,21+,22-,23?/m0/s1. The molecule has 4 heteroatoms. The second-order valence-corrected chi connectivity index (χ2v) is 10.4. The van der Waals surface area contributed by atoms with E-state index in [0.717, 1.165) is 25.2 Å². The van der Waals surface area contributed by atoms with Crippen molar-refractivity contribution in [1.29, 1.82) is 0 Å². The van der Waals surface area contributed by atoms with Crippen molar-refractivity contribution in [2.24, 2.45) is 40.4 Å². The van der Waals surface area contributed by atoms with Gasteiger partial charge in [0.1, 0.15) is 0 Å². The van der Waals surface area contributed by atoms with E-state index in [1.165, 1.54) is 39.0 Å². The maximum Gasteiger partial charge on any atom is 0.305 e. The van der Waals surface area contributed by atoms with E-state index in [4.69, 9.17) is 4.74 Å². The van der Waals surface area contributed by atoms with Gasteiger partial charge in [0, 0.05) is 18.8 Å². The fourth-order valence-corrected chi connectivity index (χ4v) is 8.33. The van der Waals surface area contributed by atoms with Crippen LogP contribution in [0.4, 0.5) is 0 Å². The summed E-state index contributed by atoms with van der Waals surface area (Å²) in [5.74, 6) is -0.249. The van der Waals surface area contributed by atoms with Gasteiger partial charge >= 0.3 is 5.97 Å². The molecular formula is C23H36O4. The first kappa shape index (κ1) is 19.4. The molecule has 0 aliphatic heterocycles. The Hall–Kier alpha value is -0.900. The molecule has 0 aromatic heterocycles. The maximum atomic E-state index is 12.8. The molecule has 0 aromatic rings. The minimum absolute atomic E-state index is 0.258. The van der Waals surface area contributed by atoms with Gasteiger partial charge in [-0.3, -0.25) is 9.59 Å². The predicted octanol–water partition coefficient (Wildman–Crippen LogP) is 4.49. The molecule has 4 saturated carbocycles. The van der Waals surface area contributed by atoms with Gasteiger partial charge in [-0.2, -0.15) is 0 Å². The molecule has 152 valence electrons. The smallest absolute Gasteiger partial charge is 0.305 e. The Balaban J connectivity index is 1.73. The first-order chi connectivity index (χ1) is 12.7. The number of carbonyl (C=O) groups is 2. The summed E-state index contributed by atoms with van der Waals surface area (Å²) in [6, 6.07) is 0. The van der Waals surface area contributed by atoms with E-state index in [1.807, 2.05) is 0 Å². The number of hydrogen-bond acceptors (Lipinski definition) is 4.